The molecule has 2 rings (SSSR count). The molecule has 1 N–H and O–H groups in total. The number of alkyl halides is 3. The van der Waals surface area contributed by atoms with Crippen LogP contribution in [-0.4, -0.2) is 30.8 Å². The number of hydrogen-bond acceptors (Lipinski definition) is 2. The van der Waals surface area contributed by atoms with E-state index in [1.807, 2.05) is 0 Å². The highest BCUT2D eigenvalue weighted by Gasteiger charge is 2.28. The van der Waals surface area contributed by atoms with Crippen molar-refractivity contribution in [2.75, 3.05) is 13.7 Å². The Morgan fingerprint density at radius 1 is 1.11 bits per heavy atom. The molecule has 0 spiro atoms. The lowest BCUT2D eigenvalue weighted by molar-refractivity contribution is -0.153. The molecule has 0 aliphatic rings. The molecule has 0 heterocycles. The van der Waals surface area contributed by atoms with Crippen molar-refractivity contribution in [3.63, 3.8) is 0 Å². The third-order valence-corrected chi connectivity index (χ3v) is 3.80. The van der Waals surface area contributed by atoms with Gasteiger partial charge in [-0.2, -0.15) is 13.2 Å². The number of urea groups is 1. The third kappa shape index (κ3) is 6.80. The van der Waals surface area contributed by atoms with Crippen LogP contribution in [0.1, 0.15) is 24.1 Å². The first-order valence-electron chi connectivity index (χ1n) is 8.19. The number of carbonyl (C=O) groups excluding carboxylic acids is 1. The molecule has 4 nitrogen and oxygen atoms in total. The van der Waals surface area contributed by atoms with E-state index in [-0.39, 0.29) is 23.6 Å². The van der Waals surface area contributed by atoms with Gasteiger partial charge in [-0.1, -0.05) is 24.3 Å². The molecule has 2 aromatic rings. The number of amides is 2. The fourth-order valence-corrected chi connectivity index (χ4v) is 2.33. The van der Waals surface area contributed by atoms with Gasteiger partial charge >= 0.3 is 12.2 Å². The van der Waals surface area contributed by atoms with E-state index in [0.717, 1.165) is 11.1 Å². The molecule has 0 saturated carbocycles. The van der Waals surface area contributed by atoms with Gasteiger partial charge in [0.15, 0.2) is 6.61 Å². The Morgan fingerprint density at radius 3 is 2.26 bits per heavy atom. The van der Waals surface area contributed by atoms with E-state index in [9.17, 15) is 22.4 Å². The Bertz CT molecular complexity index is 746. The number of benzene rings is 2. The van der Waals surface area contributed by atoms with Gasteiger partial charge < -0.3 is 15.0 Å². The minimum absolute atomic E-state index is 0.100. The van der Waals surface area contributed by atoms with Crippen LogP contribution in [0.2, 0.25) is 0 Å². The maximum absolute atomic E-state index is 12.9. The van der Waals surface area contributed by atoms with Crippen molar-refractivity contribution in [3.8, 4) is 5.75 Å². The summed E-state index contributed by atoms with van der Waals surface area (Å²) >= 11 is 0. The smallest absolute Gasteiger partial charge is 0.422 e. The first-order chi connectivity index (χ1) is 12.6. The average molecular weight is 384 g/mol. The second-order valence-corrected chi connectivity index (χ2v) is 6.13. The topological polar surface area (TPSA) is 41.6 Å². The van der Waals surface area contributed by atoms with Crippen molar-refractivity contribution in [3.05, 3.63) is 65.5 Å². The number of carbonyl (C=O) groups is 1. The van der Waals surface area contributed by atoms with Crippen molar-refractivity contribution in [2.24, 2.45) is 0 Å². The number of halogens is 4. The molecule has 0 radical (unpaired) electrons. The van der Waals surface area contributed by atoms with E-state index in [0.29, 0.717) is 6.54 Å². The Morgan fingerprint density at radius 2 is 1.70 bits per heavy atom. The molecule has 2 amide bonds. The number of ether oxygens (including phenoxy) is 1. The predicted octanol–water partition coefficient (Wildman–Crippen LogP) is 4.67. The van der Waals surface area contributed by atoms with Gasteiger partial charge in [0.2, 0.25) is 0 Å². The molecular formula is C19H20F4N2O2. The standard InChI is InChI=1S/C19H20F4N2O2/c1-13(15-5-9-17(10-6-15)27-12-19(21,22)23)24-18(26)25(2)11-14-3-7-16(20)8-4-14/h3-10,13H,11-12H2,1-2H3,(H,24,26). The number of nitrogens with zero attached hydrogens (tertiary/aromatic N) is 1. The van der Waals surface area contributed by atoms with Crippen LogP contribution in [0.15, 0.2) is 48.5 Å². The number of nitrogens with one attached hydrogen (secondary N) is 1. The molecule has 1 atom stereocenters. The second-order valence-electron chi connectivity index (χ2n) is 6.13. The molecule has 0 bridgehead atoms. The number of rotatable bonds is 6. The van der Waals surface area contributed by atoms with E-state index in [1.54, 1.807) is 38.2 Å². The van der Waals surface area contributed by atoms with Crippen molar-refractivity contribution >= 4 is 6.03 Å². The lowest BCUT2D eigenvalue weighted by Crippen LogP contribution is -2.38. The van der Waals surface area contributed by atoms with Crippen LogP contribution < -0.4 is 10.1 Å². The largest absolute Gasteiger partial charge is 0.484 e. The van der Waals surface area contributed by atoms with Gasteiger partial charge in [0.05, 0.1) is 6.04 Å². The summed E-state index contributed by atoms with van der Waals surface area (Å²) in [6, 6.07) is 11.2. The minimum atomic E-state index is -4.39. The zero-order valence-electron chi connectivity index (χ0n) is 14.9. The Hall–Kier alpha value is -2.77. The molecule has 0 aromatic heterocycles. The highest BCUT2D eigenvalue weighted by molar-refractivity contribution is 5.74. The summed E-state index contributed by atoms with van der Waals surface area (Å²) < 4.78 is 54.0. The normalized spacial score (nSPS) is 12.4. The lowest BCUT2D eigenvalue weighted by atomic mass is 10.1. The zero-order valence-corrected chi connectivity index (χ0v) is 14.9. The van der Waals surface area contributed by atoms with E-state index in [4.69, 9.17) is 0 Å². The fraction of sp³-hybridized carbons (Fsp3) is 0.316. The van der Waals surface area contributed by atoms with E-state index >= 15 is 0 Å². The summed E-state index contributed by atoms with van der Waals surface area (Å²) in [6.07, 6.45) is -4.39. The van der Waals surface area contributed by atoms with E-state index in [1.165, 1.54) is 29.2 Å². The molecule has 146 valence electrons. The molecule has 0 aliphatic heterocycles. The van der Waals surface area contributed by atoms with E-state index < -0.39 is 12.8 Å². The highest BCUT2D eigenvalue weighted by atomic mass is 19.4. The van der Waals surface area contributed by atoms with Crippen LogP contribution in [0, 0.1) is 5.82 Å². The molecule has 2 aromatic carbocycles. The summed E-state index contributed by atoms with van der Waals surface area (Å²) in [5.74, 6) is -0.245. The van der Waals surface area contributed by atoms with Gasteiger partial charge in [0.1, 0.15) is 11.6 Å². The average Bonchev–Trinajstić information content (AvgIpc) is 2.61. The minimum Gasteiger partial charge on any atom is -0.484 e. The van der Waals surface area contributed by atoms with Gasteiger partial charge in [-0.05, 0) is 42.3 Å². The Balaban J connectivity index is 1.88. The molecule has 1 unspecified atom stereocenters. The molecule has 0 aliphatic carbocycles. The monoisotopic (exact) mass is 384 g/mol. The van der Waals surface area contributed by atoms with Crippen molar-refractivity contribution in [1.82, 2.24) is 10.2 Å². The maximum Gasteiger partial charge on any atom is 0.422 e. The summed E-state index contributed by atoms with van der Waals surface area (Å²) in [4.78, 5) is 13.7. The molecule has 27 heavy (non-hydrogen) atoms. The van der Waals surface area contributed by atoms with Crippen molar-refractivity contribution < 1.29 is 27.1 Å². The van der Waals surface area contributed by atoms with Crippen molar-refractivity contribution in [2.45, 2.75) is 25.7 Å². The third-order valence-electron chi connectivity index (χ3n) is 3.80. The van der Waals surface area contributed by atoms with Gasteiger partial charge in [0, 0.05) is 13.6 Å². The highest BCUT2D eigenvalue weighted by Crippen LogP contribution is 2.21. The van der Waals surface area contributed by atoms with E-state index in [2.05, 4.69) is 10.1 Å². The second kappa shape index (κ2) is 8.75. The molecule has 8 heteroatoms. The van der Waals surface area contributed by atoms with Crippen LogP contribution in [0.25, 0.3) is 0 Å². The quantitative estimate of drug-likeness (QED) is 0.736. The molecule has 0 saturated heterocycles. The van der Waals surface area contributed by atoms with Crippen LogP contribution in [0.5, 0.6) is 5.75 Å². The van der Waals surface area contributed by atoms with Gasteiger partial charge in [-0.25, -0.2) is 9.18 Å². The van der Waals surface area contributed by atoms with Crippen LogP contribution in [-0.2, 0) is 6.54 Å². The summed E-state index contributed by atoms with van der Waals surface area (Å²) in [5.41, 5.74) is 1.51. The first kappa shape index (κ1) is 20.5. The SMILES string of the molecule is CC(NC(=O)N(C)Cc1ccc(F)cc1)c1ccc(OCC(F)(F)F)cc1. The van der Waals surface area contributed by atoms with Crippen LogP contribution in [0.4, 0.5) is 22.4 Å². The van der Waals surface area contributed by atoms with Gasteiger partial charge in [-0.15, -0.1) is 0 Å². The lowest BCUT2D eigenvalue weighted by Gasteiger charge is -2.22. The summed E-state index contributed by atoms with van der Waals surface area (Å²) in [5, 5.41) is 2.80. The van der Waals surface area contributed by atoms with Gasteiger partial charge in [-0.3, -0.25) is 0 Å². The molecule has 0 fully saturated rings. The Kier molecular flexibility index (Phi) is 6.65. The van der Waals surface area contributed by atoms with Gasteiger partial charge in [0.25, 0.3) is 0 Å². The summed E-state index contributed by atoms with van der Waals surface area (Å²) in [6.45, 7) is 0.713. The maximum atomic E-state index is 12.9. The van der Waals surface area contributed by atoms with Crippen molar-refractivity contribution in [1.29, 1.82) is 0 Å². The number of hydrogen-bond donors (Lipinski definition) is 1. The fourth-order valence-electron chi connectivity index (χ4n) is 2.33. The van der Waals surface area contributed by atoms with Crippen LogP contribution in [0.3, 0.4) is 0 Å². The molecular weight excluding hydrogens is 364 g/mol. The summed E-state index contributed by atoms with van der Waals surface area (Å²) in [7, 11) is 1.61. The first-order valence-corrected chi connectivity index (χ1v) is 8.19. The predicted molar refractivity (Wildman–Crippen MR) is 92.8 cm³/mol. The zero-order chi connectivity index (χ0) is 20.0. The Labute approximate surface area is 154 Å². The van der Waals surface area contributed by atoms with Crippen LogP contribution >= 0.6 is 0 Å².